The van der Waals surface area contributed by atoms with Gasteiger partial charge in [-0.15, -0.1) is 0 Å². The first-order valence-corrected chi connectivity index (χ1v) is 8.79. The Kier molecular flexibility index (Phi) is 4.27. The Bertz CT molecular complexity index is 1170. The van der Waals surface area contributed by atoms with Crippen LogP contribution in [0.4, 0.5) is 0 Å². The highest BCUT2D eigenvalue weighted by Crippen LogP contribution is 2.16. The van der Waals surface area contributed by atoms with E-state index >= 15 is 0 Å². The Hall–Kier alpha value is -2.78. The van der Waals surface area contributed by atoms with E-state index in [9.17, 15) is 18.0 Å². The molecule has 0 saturated heterocycles. The second kappa shape index (κ2) is 6.26. The van der Waals surface area contributed by atoms with Gasteiger partial charge in [0, 0.05) is 5.02 Å². The van der Waals surface area contributed by atoms with Crippen LogP contribution in [0.5, 0.6) is 5.75 Å². The lowest BCUT2D eigenvalue weighted by Crippen LogP contribution is -2.43. The van der Waals surface area contributed by atoms with Crippen molar-refractivity contribution >= 4 is 32.5 Å². The Morgan fingerprint density at radius 1 is 1.12 bits per heavy atom. The zero-order valence-electron chi connectivity index (χ0n) is 12.8. The number of benzene rings is 2. The Balaban J connectivity index is 2.09. The molecule has 0 unspecified atom stereocenters. The van der Waals surface area contributed by atoms with E-state index in [1.54, 1.807) is 0 Å². The molecule has 0 aliphatic carbocycles. The van der Waals surface area contributed by atoms with Gasteiger partial charge in [0.05, 0.1) is 22.9 Å². The molecule has 8 nitrogen and oxygen atoms in total. The minimum Gasteiger partial charge on any atom is -0.497 e. The molecule has 25 heavy (non-hydrogen) atoms. The van der Waals surface area contributed by atoms with Crippen LogP contribution in [0, 0.1) is 0 Å². The lowest BCUT2D eigenvalue weighted by atomic mass is 10.2. The summed E-state index contributed by atoms with van der Waals surface area (Å²) in [5, 5.41) is 0.445. The zero-order chi connectivity index (χ0) is 18.2. The van der Waals surface area contributed by atoms with E-state index in [1.807, 2.05) is 4.83 Å². The number of rotatable bonds is 4. The summed E-state index contributed by atoms with van der Waals surface area (Å²) < 4.78 is 30.2. The molecule has 1 aromatic heterocycles. The highest BCUT2D eigenvalue weighted by molar-refractivity contribution is 7.92. The van der Waals surface area contributed by atoms with Gasteiger partial charge in [-0.05, 0) is 42.5 Å². The van der Waals surface area contributed by atoms with Gasteiger partial charge >= 0.3 is 5.69 Å². The lowest BCUT2D eigenvalue weighted by Gasteiger charge is -2.10. The molecule has 2 aromatic carbocycles. The minimum atomic E-state index is -4.15. The molecule has 0 amide bonds. The maximum Gasteiger partial charge on any atom is 0.348 e. The molecule has 0 atom stereocenters. The molecule has 3 rings (SSSR count). The van der Waals surface area contributed by atoms with Gasteiger partial charge in [0.2, 0.25) is 0 Å². The summed E-state index contributed by atoms with van der Waals surface area (Å²) in [5.41, 5.74) is -1.54. The van der Waals surface area contributed by atoms with Crippen molar-refractivity contribution in [3.05, 3.63) is 68.3 Å². The SMILES string of the molecule is COc1ccc(S(=O)(=O)Nn2c(=O)[nH]c3cc(Cl)ccc3c2=O)cc1. The third-order valence-electron chi connectivity index (χ3n) is 3.44. The highest BCUT2D eigenvalue weighted by atomic mass is 35.5. The molecule has 130 valence electrons. The van der Waals surface area contributed by atoms with E-state index in [-0.39, 0.29) is 15.8 Å². The molecule has 3 aromatic rings. The van der Waals surface area contributed by atoms with Crippen LogP contribution in [-0.4, -0.2) is 25.2 Å². The monoisotopic (exact) mass is 381 g/mol. The van der Waals surface area contributed by atoms with Gasteiger partial charge in [-0.3, -0.25) is 4.79 Å². The van der Waals surface area contributed by atoms with Crippen LogP contribution in [0.1, 0.15) is 0 Å². The number of nitrogens with one attached hydrogen (secondary N) is 2. The first kappa shape index (κ1) is 17.1. The minimum absolute atomic E-state index is 0.112. The van der Waals surface area contributed by atoms with Gasteiger partial charge in [0.1, 0.15) is 5.75 Å². The molecule has 0 aliphatic rings. The average Bonchev–Trinajstić information content (AvgIpc) is 2.58. The van der Waals surface area contributed by atoms with E-state index < -0.39 is 21.3 Å². The van der Waals surface area contributed by atoms with Crippen LogP contribution in [0.3, 0.4) is 0 Å². The van der Waals surface area contributed by atoms with Crippen molar-refractivity contribution in [1.82, 2.24) is 9.66 Å². The van der Waals surface area contributed by atoms with Crippen LogP contribution in [0.25, 0.3) is 10.9 Å². The predicted molar refractivity (Wildman–Crippen MR) is 93.4 cm³/mol. The van der Waals surface area contributed by atoms with Gasteiger partial charge in [-0.1, -0.05) is 11.6 Å². The summed E-state index contributed by atoms with van der Waals surface area (Å²) >= 11 is 5.82. The number of aromatic nitrogens is 2. The third kappa shape index (κ3) is 3.24. The molecule has 2 N–H and O–H groups in total. The number of H-pyrrole nitrogens is 1. The van der Waals surface area contributed by atoms with E-state index in [2.05, 4.69) is 4.98 Å². The van der Waals surface area contributed by atoms with Crippen molar-refractivity contribution < 1.29 is 13.2 Å². The van der Waals surface area contributed by atoms with Gasteiger partial charge < -0.3 is 9.72 Å². The van der Waals surface area contributed by atoms with Crippen LogP contribution in [0.2, 0.25) is 5.02 Å². The van der Waals surface area contributed by atoms with Crippen molar-refractivity contribution in [3.8, 4) is 5.75 Å². The molecule has 10 heteroatoms. The van der Waals surface area contributed by atoms with Crippen LogP contribution in [0.15, 0.2) is 56.9 Å². The number of nitrogens with zero attached hydrogens (tertiary/aromatic N) is 1. The van der Waals surface area contributed by atoms with Crippen LogP contribution in [-0.2, 0) is 10.0 Å². The standard InChI is InChI=1S/C15H12ClN3O5S/c1-24-10-3-5-11(6-4-10)25(22,23)18-19-14(20)12-7-2-9(16)8-13(12)17-15(19)21/h2-8,18H,1H3,(H,17,21). The molecular formula is C15H12ClN3O5S. The first-order chi connectivity index (χ1) is 11.8. The molecule has 0 bridgehead atoms. The average molecular weight is 382 g/mol. The largest absolute Gasteiger partial charge is 0.497 e. The zero-order valence-corrected chi connectivity index (χ0v) is 14.4. The first-order valence-electron chi connectivity index (χ1n) is 6.93. The molecule has 0 radical (unpaired) electrons. The van der Waals surface area contributed by atoms with Crippen molar-refractivity contribution in [2.24, 2.45) is 0 Å². The number of sulfonamides is 1. The molecule has 0 fully saturated rings. The molecule has 0 saturated carbocycles. The smallest absolute Gasteiger partial charge is 0.348 e. The van der Waals surface area contributed by atoms with Crippen LogP contribution >= 0.6 is 11.6 Å². The number of halogens is 1. The normalized spacial score (nSPS) is 11.4. The number of ether oxygens (including phenoxy) is 1. The number of methoxy groups -OCH3 is 1. The molecular weight excluding hydrogens is 370 g/mol. The van der Waals surface area contributed by atoms with E-state index in [1.165, 1.54) is 49.6 Å². The quantitative estimate of drug-likeness (QED) is 0.707. The second-order valence-corrected chi connectivity index (χ2v) is 7.13. The maximum atomic E-state index is 12.4. The fourth-order valence-corrected chi connectivity index (χ4v) is 3.38. The highest BCUT2D eigenvalue weighted by Gasteiger charge is 2.18. The van der Waals surface area contributed by atoms with Gasteiger partial charge in [-0.25, -0.2) is 9.63 Å². The molecule has 0 spiro atoms. The van der Waals surface area contributed by atoms with Gasteiger partial charge in [-0.2, -0.15) is 13.1 Å². The summed E-state index contributed by atoms with van der Waals surface area (Å²) in [5.74, 6) is 0.469. The molecule has 1 heterocycles. The third-order valence-corrected chi connectivity index (χ3v) is 4.99. The number of hydrogen-bond acceptors (Lipinski definition) is 5. The van der Waals surface area contributed by atoms with Crippen molar-refractivity contribution in [2.75, 3.05) is 11.9 Å². The lowest BCUT2D eigenvalue weighted by molar-refractivity contribution is 0.414. The predicted octanol–water partition coefficient (Wildman–Crippen LogP) is 1.28. The second-order valence-electron chi connectivity index (χ2n) is 5.03. The van der Waals surface area contributed by atoms with Gasteiger partial charge in [0.25, 0.3) is 15.6 Å². The number of fused-ring (bicyclic) bond motifs is 1. The van der Waals surface area contributed by atoms with Gasteiger partial charge in [0.15, 0.2) is 0 Å². The number of aromatic amines is 1. The van der Waals surface area contributed by atoms with E-state index in [0.717, 1.165) is 0 Å². The van der Waals surface area contributed by atoms with E-state index in [4.69, 9.17) is 16.3 Å². The Morgan fingerprint density at radius 3 is 2.44 bits per heavy atom. The Morgan fingerprint density at radius 2 is 1.80 bits per heavy atom. The summed E-state index contributed by atoms with van der Waals surface area (Å²) in [4.78, 5) is 28.8. The summed E-state index contributed by atoms with van der Waals surface area (Å²) in [6.07, 6.45) is 0. The van der Waals surface area contributed by atoms with Crippen molar-refractivity contribution in [2.45, 2.75) is 4.90 Å². The number of hydrogen-bond donors (Lipinski definition) is 2. The topological polar surface area (TPSA) is 110 Å². The fourth-order valence-electron chi connectivity index (χ4n) is 2.20. The van der Waals surface area contributed by atoms with Crippen molar-refractivity contribution in [3.63, 3.8) is 0 Å². The summed E-state index contributed by atoms with van der Waals surface area (Å²) in [6.45, 7) is 0. The fraction of sp³-hybridized carbons (Fsp3) is 0.0667. The summed E-state index contributed by atoms with van der Waals surface area (Å²) in [6, 6.07) is 9.75. The maximum absolute atomic E-state index is 12.4. The summed E-state index contributed by atoms with van der Waals surface area (Å²) in [7, 11) is -2.70. The van der Waals surface area contributed by atoms with Crippen molar-refractivity contribution in [1.29, 1.82) is 0 Å². The Labute approximate surface area is 146 Å². The van der Waals surface area contributed by atoms with Crippen LogP contribution < -0.4 is 20.8 Å². The van der Waals surface area contributed by atoms with E-state index in [0.29, 0.717) is 15.4 Å². The molecule has 0 aliphatic heterocycles.